The van der Waals surface area contributed by atoms with Crippen LogP contribution in [-0.4, -0.2) is 6.61 Å². The Balaban J connectivity index is 1.94. The number of benzene rings is 1. The zero-order valence-electron chi connectivity index (χ0n) is 10.1. The second kappa shape index (κ2) is 4.57. The van der Waals surface area contributed by atoms with Gasteiger partial charge in [0, 0.05) is 11.3 Å². The zero-order chi connectivity index (χ0) is 12.7. The van der Waals surface area contributed by atoms with E-state index in [2.05, 4.69) is 12.1 Å². The van der Waals surface area contributed by atoms with E-state index in [-0.39, 0.29) is 6.04 Å². The number of ether oxygens (including phenoxy) is 1. The van der Waals surface area contributed by atoms with E-state index in [1.807, 2.05) is 19.1 Å². The molecule has 94 valence electrons. The van der Waals surface area contributed by atoms with Gasteiger partial charge in [-0.1, -0.05) is 23.7 Å². The van der Waals surface area contributed by atoms with Crippen LogP contribution in [0.15, 0.2) is 24.3 Å². The Bertz CT molecular complexity index is 574. The van der Waals surface area contributed by atoms with Gasteiger partial charge in [0.15, 0.2) is 0 Å². The molecular formula is C14H14ClNOS. The van der Waals surface area contributed by atoms with Crippen molar-refractivity contribution in [2.75, 3.05) is 6.61 Å². The minimum absolute atomic E-state index is 0.105. The van der Waals surface area contributed by atoms with Gasteiger partial charge in [0.05, 0.1) is 17.0 Å². The molecule has 0 radical (unpaired) electrons. The van der Waals surface area contributed by atoms with Gasteiger partial charge in [-0.15, -0.1) is 11.3 Å². The highest BCUT2D eigenvalue weighted by molar-refractivity contribution is 7.16. The van der Waals surface area contributed by atoms with Gasteiger partial charge >= 0.3 is 0 Å². The number of halogens is 1. The molecule has 2 heterocycles. The molecule has 3 rings (SSSR count). The molecule has 0 saturated carbocycles. The fourth-order valence-electron chi connectivity index (χ4n) is 2.20. The highest BCUT2D eigenvalue weighted by Gasteiger charge is 2.17. The Morgan fingerprint density at radius 1 is 1.39 bits per heavy atom. The lowest BCUT2D eigenvalue weighted by Crippen LogP contribution is -2.10. The Hall–Kier alpha value is -1.03. The number of rotatable bonds is 2. The lowest BCUT2D eigenvalue weighted by Gasteiger charge is -2.11. The van der Waals surface area contributed by atoms with Crippen molar-refractivity contribution in [2.45, 2.75) is 19.4 Å². The van der Waals surface area contributed by atoms with Crippen molar-refractivity contribution in [3.05, 3.63) is 50.2 Å². The molecular weight excluding hydrogens is 266 g/mol. The monoisotopic (exact) mass is 279 g/mol. The predicted octanol–water partition coefficient (Wildman–Crippen LogP) is 3.69. The highest BCUT2D eigenvalue weighted by atomic mass is 35.5. The van der Waals surface area contributed by atoms with Crippen molar-refractivity contribution in [1.29, 1.82) is 0 Å². The van der Waals surface area contributed by atoms with Crippen LogP contribution in [0, 0.1) is 6.92 Å². The lowest BCUT2D eigenvalue weighted by atomic mass is 10.0. The first-order valence-corrected chi connectivity index (χ1v) is 7.11. The number of thiophene rings is 1. The van der Waals surface area contributed by atoms with Crippen molar-refractivity contribution in [2.24, 2.45) is 5.73 Å². The van der Waals surface area contributed by atoms with Crippen molar-refractivity contribution in [3.8, 4) is 5.75 Å². The molecule has 2 nitrogen and oxygen atoms in total. The van der Waals surface area contributed by atoms with E-state index in [1.165, 1.54) is 5.56 Å². The van der Waals surface area contributed by atoms with Crippen LogP contribution >= 0.6 is 22.9 Å². The Morgan fingerprint density at radius 3 is 2.94 bits per heavy atom. The molecule has 1 aromatic carbocycles. The quantitative estimate of drug-likeness (QED) is 0.910. The van der Waals surface area contributed by atoms with Gasteiger partial charge in [-0.25, -0.2) is 0 Å². The fraction of sp³-hybridized carbons (Fsp3) is 0.286. The van der Waals surface area contributed by atoms with Gasteiger partial charge in [-0.05, 0) is 35.7 Å². The normalized spacial score (nSPS) is 15.3. The molecule has 0 spiro atoms. The molecule has 0 saturated heterocycles. The van der Waals surface area contributed by atoms with E-state index in [4.69, 9.17) is 22.1 Å². The Kier molecular flexibility index (Phi) is 3.06. The van der Waals surface area contributed by atoms with Gasteiger partial charge in [0.2, 0.25) is 0 Å². The van der Waals surface area contributed by atoms with Crippen LogP contribution in [0.5, 0.6) is 5.75 Å². The summed E-state index contributed by atoms with van der Waals surface area (Å²) in [5.74, 6) is 0.992. The van der Waals surface area contributed by atoms with E-state index in [1.54, 1.807) is 11.3 Å². The zero-order valence-corrected chi connectivity index (χ0v) is 11.6. The molecule has 4 heteroatoms. The molecule has 2 N–H and O–H groups in total. The lowest BCUT2D eigenvalue weighted by molar-refractivity contribution is 0.357. The molecule has 1 unspecified atom stereocenters. The molecule has 2 aromatic rings. The minimum atomic E-state index is -0.105. The van der Waals surface area contributed by atoms with Crippen LogP contribution in [0.3, 0.4) is 0 Å². The van der Waals surface area contributed by atoms with Gasteiger partial charge in [0.1, 0.15) is 5.75 Å². The van der Waals surface area contributed by atoms with Crippen LogP contribution in [0.2, 0.25) is 4.34 Å². The molecule has 1 aliphatic heterocycles. The molecule has 0 amide bonds. The molecule has 0 aliphatic carbocycles. The summed E-state index contributed by atoms with van der Waals surface area (Å²) >= 11 is 7.66. The van der Waals surface area contributed by atoms with Crippen LogP contribution < -0.4 is 10.5 Å². The maximum absolute atomic E-state index is 6.30. The highest BCUT2D eigenvalue weighted by Crippen LogP contribution is 2.35. The summed E-state index contributed by atoms with van der Waals surface area (Å²) in [5, 5.41) is 0. The summed E-state index contributed by atoms with van der Waals surface area (Å²) in [6, 6.07) is 8.17. The summed E-state index contributed by atoms with van der Waals surface area (Å²) in [6.07, 6.45) is 0.972. The fourth-order valence-corrected chi connectivity index (χ4v) is 3.45. The molecule has 0 bridgehead atoms. The van der Waals surface area contributed by atoms with E-state index < -0.39 is 0 Å². The molecule has 1 atom stereocenters. The molecule has 1 aliphatic rings. The predicted molar refractivity (Wildman–Crippen MR) is 75.7 cm³/mol. The molecule has 0 fully saturated rings. The maximum atomic E-state index is 6.30. The SMILES string of the molecule is Cc1cc(C(N)c2ccc3c(c2)CCO3)sc1Cl. The smallest absolute Gasteiger partial charge is 0.122 e. The second-order valence-electron chi connectivity index (χ2n) is 4.55. The standard InChI is InChI=1S/C14H14ClNOS/c1-8-6-12(18-14(8)15)13(16)10-2-3-11-9(7-10)4-5-17-11/h2-3,6-7,13H,4-5,16H2,1H3. The van der Waals surface area contributed by atoms with Crippen molar-refractivity contribution in [1.82, 2.24) is 0 Å². The van der Waals surface area contributed by atoms with E-state index in [0.717, 1.165) is 39.1 Å². The Labute approximate surface area is 115 Å². The number of nitrogens with two attached hydrogens (primary N) is 1. The van der Waals surface area contributed by atoms with Crippen molar-refractivity contribution >= 4 is 22.9 Å². The van der Waals surface area contributed by atoms with E-state index in [0.29, 0.717) is 0 Å². The first-order chi connectivity index (χ1) is 8.65. The average molecular weight is 280 g/mol. The minimum Gasteiger partial charge on any atom is -0.493 e. The number of hydrogen-bond donors (Lipinski definition) is 1. The average Bonchev–Trinajstić information content (AvgIpc) is 2.95. The summed E-state index contributed by atoms with van der Waals surface area (Å²) in [4.78, 5) is 1.11. The van der Waals surface area contributed by atoms with Crippen LogP contribution in [0.4, 0.5) is 0 Å². The van der Waals surface area contributed by atoms with Gasteiger partial charge in [0.25, 0.3) is 0 Å². The number of hydrogen-bond acceptors (Lipinski definition) is 3. The third-order valence-electron chi connectivity index (χ3n) is 3.26. The first kappa shape index (κ1) is 12.0. The summed E-state index contributed by atoms with van der Waals surface area (Å²) in [5.41, 5.74) is 9.77. The van der Waals surface area contributed by atoms with Crippen molar-refractivity contribution < 1.29 is 4.74 Å². The second-order valence-corrected chi connectivity index (χ2v) is 6.23. The molecule has 18 heavy (non-hydrogen) atoms. The largest absolute Gasteiger partial charge is 0.493 e. The number of aryl methyl sites for hydroxylation is 1. The first-order valence-electron chi connectivity index (χ1n) is 5.92. The van der Waals surface area contributed by atoms with Gasteiger partial charge < -0.3 is 10.5 Å². The summed E-state index contributed by atoms with van der Waals surface area (Å²) < 4.78 is 6.33. The number of fused-ring (bicyclic) bond motifs is 1. The topological polar surface area (TPSA) is 35.2 Å². The molecule has 1 aromatic heterocycles. The summed E-state index contributed by atoms with van der Waals surface area (Å²) in [6.45, 7) is 2.78. The Morgan fingerprint density at radius 2 is 2.22 bits per heavy atom. The van der Waals surface area contributed by atoms with Crippen LogP contribution in [0.25, 0.3) is 0 Å². The third-order valence-corrected chi connectivity index (χ3v) is 4.89. The van der Waals surface area contributed by atoms with Crippen molar-refractivity contribution in [3.63, 3.8) is 0 Å². The third kappa shape index (κ3) is 2.03. The van der Waals surface area contributed by atoms with Crippen LogP contribution in [-0.2, 0) is 6.42 Å². The van der Waals surface area contributed by atoms with E-state index >= 15 is 0 Å². The maximum Gasteiger partial charge on any atom is 0.122 e. The van der Waals surface area contributed by atoms with Crippen LogP contribution in [0.1, 0.15) is 27.6 Å². The van der Waals surface area contributed by atoms with E-state index in [9.17, 15) is 0 Å². The van der Waals surface area contributed by atoms with Gasteiger partial charge in [-0.3, -0.25) is 0 Å². The summed E-state index contributed by atoms with van der Waals surface area (Å²) in [7, 11) is 0. The van der Waals surface area contributed by atoms with Gasteiger partial charge in [-0.2, -0.15) is 0 Å².